The highest BCUT2D eigenvalue weighted by Crippen LogP contribution is 2.42. The van der Waals surface area contributed by atoms with Crippen LogP contribution < -0.4 is 0 Å². The summed E-state index contributed by atoms with van der Waals surface area (Å²) >= 11 is 3.38. The molecule has 1 saturated carbocycles. The first-order chi connectivity index (χ1) is 5.79. The van der Waals surface area contributed by atoms with Crippen LogP contribution in [-0.2, 0) is 9.53 Å². The maximum absolute atomic E-state index is 11.1. The minimum Gasteiger partial charge on any atom is -0.466 e. The number of esters is 1. The zero-order chi connectivity index (χ0) is 8.97. The Bertz CT molecular complexity index is 159. The maximum Gasteiger partial charge on any atom is 0.309 e. The molecule has 0 saturated heterocycles. The van der Waals surface area contributed by atoms with E-state index in [4.69, 9.17) is 4.74 Å². The molecule has 0 amide bonds. The van der Waals surface area contributed by atoms with Gasteiger partial charge in [-0.15, -0.1) is 0 Å². The molecule has 0 heterocycles. The van der Waals surface area contributed by atoms with E-state index < -0.39 is 0 Å². The van der Waals surface area contributed by atoms with Crippen molar-refractivity contribution in [1.82, 2.24) is 0 Å². The first-order valence-corrected chi connectivity index (χ1v) is 5.64. The molecule has 1 aliphatic carbocycles. The van der Waals surface area contributed by atoms with E-state index in [1.807, 2.05) is 6.92 Å². The van der Waals surface area contributed by atoms with Gasteiger partial charge in [-0.25, -0.2) is 0 Å². The second kappa shape index (κ2) is 4.85. The van der Waals surface area contributed by atoms with Crippen LogP contribution in [0.3, 0.4) is 0 Å². The fourth-order valence-electron chi connectivity index (χ4n) is 1.44. The van der Waals surface area contributed by atoms with Gasteiger partial charge in [0, 0.05) is 5.33 Å². The van der Waals surface area contributed by atoms with E-state index in [-0.39, 0.29) is 11.9 Å². The maximum atomic E-state index is 11.1. The normalized spacial score (nSPS) is 26.8. The van der Waals surface area contributed by atoms with E-state index in [1.165, 1.54) is 6.42 Å². The predicted molar refractivity (Wildman–Crippen MR) is 51.3 cm³/mol. The monoisotopic (exact) mass is 234 g/mol. The molecule has 12 heavy (non-hydrogen) atoms. The van der Waals surface area contributed by atoms with Gasteiger partial charge in [0.15, 0.2) is 0 Å². The van der Waals surface area contributed by atoms with Crippen LogP contribution in [0.15, 0.2) is 0 Å². The lowest BCUT2D eigenvalue weighted by Gasteiger charge is -1.99. The van der Waals surface area contributed by atoms with Gasteiger partial charge >= 0.3 is 5.97 Å². The van der Waals surface area contributed by atoms with Crippen LogP contribution in [0.25, 0.3) is 0 Å². The standard InChI is InChI=1S/C9H15BrO2/c1-2-12-9(11)8-6-7(8)4-3-5-10/h7-8H,2-6H2,1H3/t7-,8-/m1/s1. The number of halogens is 1. The molecule has 2 nitrogen and oxygen atoms in total. The van der Waals surface area contributed by atoms with Crippen LogP contribution in [0.1, 0.15) is 26.2 Å². The van der Waals surface area contributed by atoms with Crippen molar-refractivity contribution in [3.8, 4) is 0 Å². The van der Waals surface area contributed by atoms with Crippen molar-refractivity contribution in [2.24, 2.45) is 11.8 Å². The quantitative estimate of drug-likeness (QED) is 0.540. The fourth-order valence-corrected chi connectivity index (χ4v) is 1.77. The van der Waals surface area contributed by atoms with Crippen molar-refractivity contribution in [3.05, 3.63) is 0 Å². The summed E-state index contributed by atoms with van der Waals surface area (Å²) in [6.45, 7) is 2.37. The number of rotatable bonds is 5. The summed E-state index contributed by atoms with van der Waals surface area (Å²) in [5, 5.41) is 1.04. The Morgan fingerprint density at radius 2 is 2.42 bits per heavy atom. The predicted octanol–water partition coefficient (Wildman–Crippen LogP) is 2.36. The number of hydrogen-bond acceptors (Lipinski definition) is 2. The first-order valence-electron chi connectivity index (χ1n) is 4.52. The Morgan fingerprint density at radius 3 is 3.00 bits per heavy atom. The van der Waals surface area contributed by atoms with Gasteiger partial charge in [-0.1, -0.05) is 15.9 Å². The molecule has 70 valence electrons. The highest BCUT2D eigenvalue weighted by atomic mass is 79.9. The number of alkyl halides is 1. The van der Waals surface area contributed by atoms with Gasteiger partial charge in [0.25, 0.3) is 0 Å². The number of carbonyl (C=O) groups is 1. The van der Waals surface area contributed by atoms with E-state index >= 15 is 0 Å². The molecular weight excluding hydrogens is 220 g/mol. The molecule has 0 bridgehead atoms. The van der Waals surface area contributed by atoms with Crippen molar-refractivity contribution >= 4 is 21.9 Å². The summed E-state index contributed by atoms with van der Waals surface area (Å²) in [6, 6.07) is 0. The third-order valence-electron chi connectivity index (χ3n) is 2.22. The van der Waals surface area contributed by atoms with E-state index in [0.717, 1.165) is 18.2 Å². The van der Waals surface area contributed by atoms with E-state index in [0.29, 0.717) is 12.5 Å². The van der Waals surface area contributed by atoms with Crippen molar-refractivity contribution in [1.29, 1.82) is 0 Å². The third-order valence-corrected chi connectivity index (χ3v) is 2.78. The van der Waals surface area contributed by atoms with Crippen LogP contribution in [0.2, 0.25) is 0 Å². The van der Waals surface area contributed by atoms with Gasteiger partial charge in [-0.2, -0.15) is 0 Å². The lowest BCUT2D eigenvalue weighted by atomic mass is 10.2. The molecule has 1 aliphatic rings. The lowest BCUT2D eigenvalue weighted by Crippen LogP contribution is -2.07. The number of carbonyl (C=O) groups excluding carboxylic acids is 1. The Labute approximate surface area is 81.8 Å². The summed E-state index contributed by atoms with van der Waals surface area (Å²) in [6.07, 6.45) is 3.38. The van der Waals surface area contributed by atoms with E-state index in [9.17, 15) is 4.79 Å². The molecule has 0 aliphatic heterocycles. The summed E-state index contributed by atoms with van der Waals surface area (Å²) < 4.78 is 4.93. The third kappa shape index (κ3) is 2.77. The Hall–Kier alpha value is -0.0500. The minimum atomic E-state index is 0.0112. The molecule has 0 spiro atoms. The van der Waals surface area contributed by atoms with Crippen LogP contribution in [0, 0.1) is 11.8 Å². The number of ether oxygens (including phenoxy) is 1. The zero-order valence-electron chi connectivity index (χ0n) is 7.38. The van der Waals surface area contributed by atoms with Crippen molar-refractivity contribution in [2.75, 3.05) is 11.9 Å². The molecular formula is C9H15BrO2. The van der Waals surface area contributed by atoms with Gasteiger partial charge in [-0.05, 0) is 32.1 Å². The molecule has 0 aromatic carbocycles. The Balaban J connectivity index is 2.10. The van der Waals surface area contributed by atoms with Gasteiger partial charge in [0.05, 0.1) is 12.5 Å². The second-order valence-corrected chi connectivity index (χ2v) is 3.98. The molecule has 3 heteroatoms. The summed E-state index contributed by atoms with van der Waals surface area (Å²) in [5.41, 5.74) is 0. The van der Waals surface area contributed by atoms with Gasteiger partial charge < -0.3 is 4.74 Å². The van der Waals surface area contributed by atoms with Gasteiger partial charge in [-0.3, -0.25) is 4.79 Å². The van der Waals surface area contributed by atoms with Crippen LogP contribution in [-0.4, -0.2) is 17.9 Å². The fraction of sp³-hybridized carbons (Fsp3) is 0.889. The summed E-state index contributed by atoms with van der Waals surface area (Å²) in [7, 11) is 0. The minimum absolute atomic E-state index is 0.0112. The molecule has 0 N–H and O–H groups in total. The van der Waals surface area contributed by atoms with Gasteiger partial charge in [0.1, 0.15) is 0 Å². The largest absolute Gasteiger partial charge is 0.466 e. The lowest BCUT2D eigenvalue weighted by molar-refractivity contribution is -0.145. The van der Waals surface area contributed by atoms with Crippen molar-refractivity contribution < 1.29 is 9.53 Å². The summed E-state index contributed by atoms with van der Waals surface area (Å²) in [4.78, 5) is 11.1. The topological polar surface area (TPSA) is 26.3 Å². The average molecular weight is 235 g/mol. The molecule has 0 unspecified atom stereocenters. The Morgan fingerprint density at radius 1 is 1.67 bits per heavy atom. The SMILES string of the molecule is CCOC(=O)[C@@H]1C[C@H]1CCCBr. The molecule has 0 aromatic heterocycles. The van der Waals surface area contributed by atoms with Crippen molar-refractivity contribution in [3.63, 3.8) is 0 Å². The molecule has 2 atom stereocenters. The Kier molecular flexibility index (Phi) is 4.06. The highest BCUT2D eigenvalue weighted by Gasteiger charge is 2.43. The molecule has 1 fully saturated rings. The zero-order valence-corrected chi connectivity index (χ0v) is 8.97. The van der Waals surface area contributed by atoms with E-state index in [1.54, 1.807) is 0 Å². The molecule has 0 radical (unpaired) electrons. The van der Waals surface area contributed by atoms with Crippen molar-refractivity contribution in [2.45, 2.75) is 26.2 Å². The van der Waals surface area contributed by atoms with Crippen LogP contribution in [0.5, 0.6) is 0 Å². The highest BCUT2D eigenvalue weighted by molar-refractivity contribution is 9.09. The second-order valence-electron chi connectivity index (χ2n) is 3.19. The van der Waals surface area contributed by atoms with E-state index in [2.05, 4.69) is 15.9 Å². The smallest absolute Gasteiger partial charge is 0.309 e. The number of hydrogen-bond donors (Lipinski definition) is 0. The molecule has 1 rings (SSSR count). The summed E-state index contributed by atoms with van der Waals surface area (Å²) in [5.74, 6) is 0.850. The first kappa shape index (κ1) is 10.0. The van der Waals surface area contributed by atoms with Crippen LogP contribution in [0.4, 0.5) is 0 Å². The molecule has 0 aromatic rings. The average Bonchev–Trinajstić information content (AvgIpc) is 2.80. The van der Waals surface area contributed by atoms with Gasteiger partial charge in [0.2, 0.25) is 0 Å². The van der Waals surface area contributed by atoms with Crippen LogP contribution >= 0.6 is 15.9 Å².